The zero-order valence-electron chi connectivity index (χ0n) is 13.9. The van der Waals surface area contributed by atoms with Gasteiger partial charge < -0.3 is 21.4 Å². The number of rotatable bonds is 6. The summed E-state index contributed by atoms with van der Waals surface area (Å²) in [6.45, 7) is 1.90. The number of carbonyl (C=O) groups is 3. The number of carbonyl (C=O) groups excluding carboxylic acids is 2. The van der Waals surface area contributed by atoms with Crippen LogP contribution >= 0.6 is 34.9 Å². The van der Waals surface area contributed by atoms with Crippen molar-refractivity contribution in [3.63, 3.8) is 0 Å². The number of aromatic nitrogens is 1. The molecule has 3 rings (SSSR count). The van der Waals surface area contributed by atoms with E-state index in [2.05, 4.69) is 15.5 Å². The molecule has 0 bridgehead atoms. The molecule has 144 valence electrons. The maximum Gasteiger partial charge on any atom is 0.353 e. The van der Waals surface area contributed by atoms with Crippen molar-refractivity contribution in [1.82, 2.24) is 15.2 Å². The van der Waals surface area contributed by atoms with E-state index in [1.807, 2.05) is 6.92 Å². The smallest absolute Gasteiger partial charge is 0.353 e. The zero-order chi connectivity index (χ0) is 19.7. The van der Waals surface area contributed by atoms with Crippen molar-refractivity contribution < 1.29 is 24.7 Å². The lowest BCUT2D eigenvalue weighted by Gasteiger charge is -2.49. The highest BCUT2D eigenvalue weighted by Gasteiger charge is 2.54. The highest BCUT2D eigenvalue weighted by Crippen LogP contribution is 2.43. The van der Waals surface area contributed by atoms with E-state index in [0.29, 0.717) is 16.4 Å². The van der Waals surface area contributed by atoms with E-state index in [4.69, 9.17) is 10.9 Å². The molecule has 0 unspecified atom stereocenters. The molecule has 1 aromatic rings. The normalized spacial score (nSPS) is 22.3. The van der Waals surface area contributed by atoms with Crippen molar-refractivity contribution in [3.8, 4) is 0 Å². The Bertz CT molecular complexity index is 867. The number of amides is 2. The Balaban J connectivity index is 1.77. The molecule has 0 saturated carbocycles. The number of hydrogen-bond acceptors (Lipinski definition) is 10. The van der Waals surface area contributed by atoms with Crippen LogP contribution in [0.1, 0.15) is 12.6 Å². The molecule has 1 aromatic heterocycles. The summed E-state index contributed by atoms with van der Waals surface area (Å²) in [5, 5.41) is 25.2. The second-order valence-electron chi connectivity index (χ2n) is 5.39. The number of aliphatic carboxylic acids is 1. The summed E-state index contributed by atoms with van der Waals surface area (Å²) in [5.41, 5.74) is 5.19. The van der Waals surface area contributed by atoms with Crippen LogP contribution in [-0.4, -0.2) is 66.6 Å². The van der Waals surface area contributed by atoms with E-state index in [0.717, 1.165) is 11.3 Å². The minimum atomic E-state index is -1.18. The lowest BCUT2D eigenvalue weighted by molar-refractivity contribution is -0.150. The van der Waals surface area contributed by atoms with Gasteiger partial charge in [0.15, 0.2) is 10.8 Å². The van der Waals surface area contributed by atoms with Crippen LogP contribution in [0.4, 0.5) is 5.13 Å². The fraction of sp³-hybridized carbons (Fsp3) is 0.357. The van der Waals surface area contributed by atoms with E-state index in [1.165, 1.54) is 33.8 Å². The number of nitrogen functional groups attached to an aromatic ring is 1. The molecule has 2 aliphatic rings. The molecule has 0 spiro atoms. The van der Waals surface area contributed by atoms with E-state index in [9.17, 15) is 19.5 Å². The van der Waals surface area contributed by atoms with E-state index >= 15 is 0 Å². The summed E-state index contributed by atoms with van der Waals surface area (Å²) < 4.78 is 0. The van der Waals surface area contributed by atoms with Crippen molar-refractivity contribution in [3.05, 3.63) is 21.7 Å². The molecule has 13 heteroatoms. The number of nitrogens with zero attached hydrogens (tertiary/aromatic N) is 3. The van der Waals surface area contributed by atoms with E-state index in [-0.39, 0.29) is 22.2 Å². The van der Waals surface area contributed by atoms with Gasteiger partial charge in [0, 0.05) is 16.0 Å². The van der Waals surface area contributed by atoms with Crippen LogP contribution in [-0.2, 0) is 14.4 Å². The molecular weight excluding hydrogens is 414 g/mol. The van der Waals surface area contributed by atoms with Crippen LogP contribution < -0.4 is 11.1 Å². The van der Waals surface area contributed by atoms with Crippen LogP contribution in [0.5, 0.6) is 0 Å². The topological polar surface area (TPSA) is 158 Å². The number of nitrogens with two attached hydrogens (primary N) is 1. The number of nitrogens with one attached hydrogen (secondary N) is 1. The summed E-state index contributed by atoms with van der Waals surface area (Å²) in [6.07, 6.45) is 0. The number of hydrogen-bond donors (Lipinski definition) is 4. The molecule has 10 nitrogen and oxygen atoms in total. The van der Waals surface area contributed by atoms with Gasteiger partial charge in [0.05, 0.1) is 0 Å². The number of carboxylic acids is 1. The monoisotopic (exact) mass is 429 g/mol. The predicted octanol–water partition coefficient (Wildman–Crippen LogP) is 0.353. The van der Waals surface area contributed by atoms with Crippen molar-refractivity contribution in [2.75, 3.05) is 17.2 Å². The largest absolute Gasteiger partial charge is 0.477 e. The molecule has 0 aromatic carbocycles. The number of β-lactam (4-membered cyclic amide) rings is 1. The molecule has 2 atom stereocenters. The Morgan fingerprint density at radius 3 is 2.85 bits per heavy atom. The third kappa shape index (κ3) is 3.49. The molecule has 0 aliphatic carbocycles. The lowest BCUT2D eigenvalue weighted by Crippen LogP contribution is -2.71. The number of thioether (sulfide) groups is 2. The van der Waals surface area contributed by atoms with Gasteiger partial charge in [0.1, 0.15) is 22.8 Å². The summed E-state index contributed by atoms with van der Waals surface area (Å²) in [6, 6.07) is -0.919. The average Bonchev–Trinajstić information content (AvgIpc) is 3.05. The van der Waals surface area contributed by atoms with Crippen molar-refractivity contribution in [2.45, 2.75) is 18.3 Å². The van der Waals surface area contributed by atoms with Gasteiger partial charge in [-0.15, -0.1) is 34.9 Å². The summed E-state index contributed by atoms with van der Waals surface area (Å²) in [7, 11) is 0. The Morgan fingerprint density at radius 1 is 1.56 bits per heavy atom. The van der Waals surface area contributed by atoms with Crippen LogP contribution in [0.15, 0.2) is 21.1 Å². The summed E-state index contributed by atoms with van der Waals surface area (Å²) >= 11 is 3.82. The minimum absolute atomic E-state index is 0.0376. The number of anilines is 1. The van der Waals surface area contributed by atoms with E-state index in [1.54, 1.807) is 0 Å². The van der Waals surface area contributed by atoms with Gasteiger partial charge in [0.2, 0.25) is 0 Å². The van der Waals surface area contributed by atoms with Crippen LogP contribution in [0, 0.1) is 0 Å². The SMILES string of the molecule is CCSC1=C(C(=O)O)N2C(=O)[C@@H](NC(=O)/C(=N/O)c3csc(N)n3)[C@H]2SC1. The van der Waals surface area contributed by atoms with E-state index < -0.39 is 29.2 Å². The maximum absolute atomic E-state index is 12.5. The third-order valence-corrected chi connectivity index (χ3v) is 6.93. The predicted molar refractivity (Wildman–Crippen MR) is 103 cm³/mol. The maximum atomic E-state index is 12.5. The highest BCUT2D eigenvalue weighted by atomic mass is 32.2. The van der Waals surface area contributed by atoms with Crippen molar-refractivity contribution in [2.24, 2.45) is 5.16 Å². The number of thiazole rings is 1. The molecule has 3 heterocycles. The first-order valence-corrected chi connectivity index (χ1v) is 10.6. The van der Waals surface area contributed by atoms with Crippen LogP contribution in [0.2, 0.25) is 0 Å². The van der Waals surface area contributed by atoms with Crippen LogP contribution in [0.3, 0.4) is 0 Å². The third-order valence-electron chi connectivity index (χ3n) is 3.82. The molecule has 2 aliphatic heterocycles. The number of carboxylic acid groups (broad SMARTS) is 1. The van der Waals surface area contributed by atoms with Gasteiger partial charge in [-0.3, -0.25) is 14.5 Å². The number of oxime groups is 1. The Hall–Kier alpha value is -2.25. The molecule has 0 radical (unpaired) electrons. The molecule has 27 heavy (non-hydrogen) atoms. The second-order valence-corrected chi connectivity index (χ2v) is 8.74. The van der Waals surface area contributed by atoms with Gasteiger partial charge in [-0.25, -0.2) is 9.78 Å². The fourth-order valence-electron chi connectivity index (χ4n) is 2.69. The van der Waals surface area contributed by atoms with Gasteiger partial charge >= 0.3 is 5.97 Å². The van der Waals surface area contributed by atoms with Crippen molar-refractivity contribution >= 4 is 63.5 Å². The molecule has 5 N–H and O–H groups in total. The first-order valence-electron chi connectivity index (χ1n) is 7.67. The number of fused-ring (bicyclic) bond motifs is 1. The van der Waals surface area contributed by atoms with Gasteiger partial charge in [-0.05, 0) is 5.75 Å². The van der Waals surface area contributed by atoms with Crippen molar-refractivity contribution in [1.29, 1.82) is 0 Å². The summed E-state index contributed by atoms with van der Waals surface area (Å²) in [5.74, 6) is -1.37. The standard InChI is InChI=1S/C14H15N5O5S3/c1-2-25-6-4-26-12-8(11(21)19(12)9(6)13(22)23)17-10(20)7(18-24)5-3-27-14(15)16-5/h3,8,12,24H,2,4H2,1H3,(H2,15,16)(H,17,20)(H,22,23)/b18-7+/t8-,12-/m1/s1. The van der Waals surface area contributed by atoms with Gasteiger partial charge in [0.25, 0.3) is 11.8 Å². The first-order chi connectivity index (χ1) is 12.9. The van der Waals surface area contributed by atoms with Crippen LogP contribution in [0.25, 0.3) is 0 Å². The Morgan fingerprint density at radius 2 is 2.30 bits per heavy atom. The molecule has 2 amide bonds. The Kier molecular flexibility index (Phi) is 5.62. The fourth-order valence-corrected chi connectivity index (χ4v) is 5.64. The van der Waals surface area contributed by atoms with Gasteiger partial charge in [-0.1, -0.05) is 12.1 Å². The first kappa shape index (κ1) is 19.5. The second kappa shape index (κ2) is 7.78. The highest BCUT2D eigenvalue weighted by molar-refractivity contribution is 8.06. The Labute approximate surface area is 165 Å². The summed E-state index contributed by atoms with van der Waals surface area (Å²) in [4.78, 5) is 42.2. The zero-order valence-corrected chi connectivity index (χ0v) is 16.4. The lowest BCUT2D eigenvalue weighted by atomic mass is 10.0. The quantitative estimate of drug-likeness (QED) is 0.217. The minimum Gasteiger partial charge on any atom is -0.477 e. The van der Waals surface area contributed by atoms with Gasteiger partial charge in [-0.2, -0.15) is 0 Å². The average molecular weight is 430 g/mol. The molecule has 1 fully saturated rings. The molecule has 1 saturated heterocycles. The molecular formula is C14H15N5O5S3.